The Balaban J connectivity index is 2.84. The molecular formula is C13H17NO3. The number of nitrogens with one attached hydrogen (secondary N) is 1. The van der Waals surface area contributed by atoms with Gasteiger partial charge < -0.3 is 10.4 Å². The van der Waals surface area contributed by atoms with Crippen molar-refractivity contribution in [2.45, 2.75) is 19.3 Å². The average molecular weight is 235 g/mol. The second kappa shape index (κ2) is 6.03. The summed E-state index contributed by atoms with van der Waals surface area (Å²) in [6.45, 7) is 1.83. The van der Waals surface area contributed by atoms with Gasteiger partial charge in [-0.05, 0) is 11.5 Å². The number of carboxylic acid groups (broad SMARTS) is 1. The molecule has 2 N–H and O–H groups in total. The van der Waals surface area contributed by atoms with Crippen LogP contribution in [0.1, 0.15) is 24.8 Å². The Kier molecular flexibility index (Phi) is 4.69. The first-order chi connectivity index (χ1) is 8.06. The first kappa shape index (κ1) is 13.2. The summed E-state index contributed by atoms with van der Waals surface area (Å²) in [5.74, 6) is -2.08. The van der Waals surface area contributed by atoms with Crippen LogP contribution >= 0.6 is 0 Å². The number of rotatable bonds is 5. The molecule has 2 unspecified atom stereocenters. The zero-order valence-corrected chi connectivity index (χ0v) is 10.0. The summed E-state index contributed by atoms with van der Waals surface area (Å²) in [5, 5.41) is 11.6. The van der Waals surface area contributed by atoms with E-state index in [-0.39, 0.29) is 18.2 Å². The van der Waals surface area contributed by atoms with E-state index in [0.717, 1.165) is 5.56 Å². The third-order valence-corrected chi connectivity index (χ3v) is 2.93. The lowest BCUT2D eigenvalue weighted by molar-refractivity contribution is -0.144. The van der Waals surface area contributed by atoms with Crippen molar-refractivity contribution in [3.63, 3.8) is 0 Å². The Morgan fingerprint density at radius 1 is 1.29 bits per heavy atom. The van der Waals surface area contributed by atoms with Crippen LogP contribution in [0.15, 0.2) is 30.3 Å². The fraction of sp³-hybridized carbons (Fsp3) is 0.385. The highest BCUT2D eigenvalue weighted by molar-refractivity contribution is 5.82. The molecule has 0 spiro atoms. The molecule has 0 aliphatic rings. The zero-order valence-electron chi connectivity index (χ0n) is 10.0. The van der Waals surface area contributed by atoms with Crippen molar-refractivity contribution in [3.05, 3.63) is 35.9 Å². The second-order valence-electron chi connectivity index (χ2n) is 4.02. The maximum atomic E-state index is 11.3. The number of carboxylic acids is 1. The van der Waals surface area contributed by atoms with Crippen LogP contribution < -0.4 is 5.32 Å². The SMILES string of the molecule is CNC(=O)CC(C(=O)O)C(C)c1ccccc1. The van der Waals surface area contributed by atoms with Crippen LogP contribution in [0.5, 0.6) is 0 Å². The minimum absolute atomic E-state index is 0.00188. The summed E-state index contributed by atoms with van der Waals surface area (Å²) in [4.78, 5) is 22.5. The normalized spacial score (nSPS) is 13.8. The number of amides is 1. The highest BCUT2D eigenvalue weighted by atomic mass is 16.4. The van der Waals surface area contributed by atoms with E-state index in [9.17, 15) is 9.59 Å². The summed E-state index contributed by atoms with van der Waals surface area (Å²) in [6, 6.07) is 9.37. The fourth-order valence-corrected chi connectivity index (χ4v) is 1.77. The highest BCUT2D eigenvalue weighted by Gasteiger charge is 2.27. The molecule has 0 radical (unpaired) electrons. The van der Waals surface area contributed by atoms with Gasteiger partial charge in [-0.15, -0.1) is 0 Å². The van der Waals surface area contributed by atoms with Crippen LogP contribution in [-0.2, 0) is 9.59 Å². The van der Waals surface area contributed by atoms with Gasteiger partial charge in [0.05, 0.1) is 5.92 Å². The largest absolute Gasteiger partial charge is 0.481 e. The smallest absolute Gasteiger partial charge is 0.307 e. The Hall–Kier alpha value is -1.84. The minimum atomic E-state index is -0.940. The molecule has 1 rings (SSSR count). The number of hydrogen-bond acceptors (Lipinski definition) is 2. The topological polar surface area (TPSA) is 66.4 Å². The van der Waals surface area contributed by atoms with E-state index in [0.29, 0.717) is 0 Å². The lowest BCUT2D eigenvalue weighted by Crippen LogP contribution is -2.28. The van der Waals surface area contributed by atoms with E-state index < -0.39 is 11.9 Å². The van der Waals surface area contributed by atoms with Gasteiger partial charge in [0.1, 0.15) is 0 Å². The van der Waals surface area contributed by atoms with Gasteiger partial charge in [0.25, 0.3) is 0 Å². The highest BCUT2D eigenvalue weighted by Crippen LogP contribution is 2.26. The molecule has 2 atom stereocenters. The van der Waals surface area contributed by atoms with Gasteiger partial charge in [0.15, 0.2) is 0 Å². The van der Waals surface area contributed by atoms with E-state index >= 15 is 0 Å². The van der Waals surface area contributed by atoms with Crippen LogP contribution in [0.3, 0.4) is 0 Å². The molecule has 1 aromatic rings. The van der Waals surface area contributed by atoms with Crippen molar-refractivity contribution >= 4 is 11.9 Å². The molecule has 4 nitrogen and oxygen atoms in total. The molecule has 0 aromatic heterocycles. The number of carbonyl (C=O) groups is 2. The molecule has 0 aliphatic carbocycles. The molecule has 1 amide bonds. The Labute approximate surface area is 101 Å². The van der Waals surface area contributed by atoms with Gasteiger partial charge in [-0.25, -0.2) is 0 Å². The molecule has 17 heavy (non-hydrogen) atoms. The van der Waals surface area contributed by atoms with Crippen LogP contribution in [0.2, 0.25) is 0 Å². The minimum Gasteiger partial charge on any atom is -0.481 e. The summed E-state index contributed by atoms with van der Waals surface area (Å²) in [7, 11) is 1.51. The first-order valence-electron chi connectivity index (χ1n) is 5.54. The van der Waals surface area contributed by atoms with E-state index in [1.54, 1.807) is 0 Å². The van der Waals surface area contributed by atoms with E-state index in [2.05, 4.69) is 5.32 Å². The van der Waals surface area contributed by atoms with Crippen molar-refractivity contribution < 1.29 is 14.7 Å². The number of aliphatic carboxylic acids is 1. The summed E-state index contributed by atoms with van der Waals surface area (Å²) in [6.07, 6.45) is 0.00188. The van der Waals surface area contributed by atoms with Crippen LogP contribution in [0.25, 0.3) is 0 Å². The van der Waals surface area contributed by atoms with Crippen LogP contribution in [0, 0.1) is 5.92 Å². The van der Waals surface area contributed by atoms with E-state index in [1.807, 2.05) is 37.3 Å². The number of hydrogen-bond donors (Lipinski definition) is 2. The molecule has 0 aliphatic heterocycles. The van der Waals surface area contributed by atoms with Gasteiger partial charge in [0.2, 0.25) is 5.91 Å². The van der Waals surface area contributed by atoms with E-state index in [4.69, 9.17) is 5.11 Å². The fourth-order valence-electron chi connectivity index (χ4n) is 1.77. The van der Waals surface area contributed by atoms with Crippen LogP contribution in [-0.4, -0.2) is 24.0 Å². The molecule has 0 heterocycles. The third kappa shape index (κ3) is 3.59. The first-order valence-corrected chi connectivity index (χ1v) is 5.54. The third-order valence-electron chi connectivity index (χ3n) is 2.93. The van der Waals surface area contributed by atoms with Crippen molar-refractivity contribution in [3.8, 4) is 0 Å². The molecule has 0 bridgehead atoms. The molecule has 92 valence electrons. The van der Waals surface area contributed by atoms with Crippen LogP contribution in [0.4, 0.5) is 0 Å². The quantitative estimate of drug-likeness (QED) is 0.815. The van der Waals surface area contributed by atoms with Gasteiger partial charge in [0, 0.05) is 13.5 Å². The lowest BCUT2D eigenvalue weighted by Gasteiger charge is -2.19. The number of carbonyl (C=O) groups excluding carboxylic acids is 1. The maximum Gasteiger partial charge on any atom is 0.307 e. The van der Waals surface area contributed by atoms with Crippen molar-refractivity contribution in [2.24, 2.45) is 5.92 Å². The van der Waals surface area contributed by atoms with E-state index in [1.165, 1.54) is 7.05 Å². The molecule has 0 saturated carbocycles. The van der Waals surface area contributed by atoms with Crippen molar-refractivity contribution in [2.75, 3.05) is 7.05 Å². The van der Waals surface area contributed by atoms with Crippen molar-refractivity contribution in [1.29, 1.82) is 0 Å². The second-order valence-corrected chi connectivity index (χ2v) is 4.02. The molecule has 0 saturated heterocycles. The standard InChI is InChI=1S/C13H17NO3/c1-9(10-6-4-3-5-7-10)11(13(16)17)8-12(15)14-2/h3-7,9,11H,8H2,1-2H3,(H,14,15)(H,16,17). The average Bonchev–Trinajstić information content (AvgIpc) is 2.35. The maximum absolute atomic E-state index is 11.3. The monoisotopic (exact) mass is 235 g/mol. The Morgan fingerprint density at radius 2 is 1.88 bits per heavy atom. The predicted octanol–water partition coefficient (Wildman–Crippen LogP) is 1.63. The molecule has 4 heteroatoms. The predicted molar refractivity (Wildman–Crippen MR) is 64.7 cm³/mol. The van der Waals surface area contributed by atoms with Gasteiger partial charge in [-0.3, -0.25) is 9.59 Å². The number of benzene rings is 1. The van der Waals surface area contributed by atoms with Gasteiger partial charge >= 0.3 is 5.97 Å². The summed E-state index contributed by atoms with van der Waals surface area (Å²) < 4.78 is 0. The van der Waals surface area contributed by atoms with Crippen molar-refractivity contribution in [1.82, 2.24) is 5.32 Å². The molecule has 0 fully saturated rings. The Morgan fingerprint density at radius 3 is 2.35 bits per heavy atom. The zero-order chi connectivity index (χ0) is 12.8. The summed E-state index contributed by atoms with van der Waals surface area (Å²) >= 11 is 0. The van der Waals surface area contributed by atoms with Gasteiger partial charge in [-0.2, -0.15) is 0 Å². The Bertz CT molecular complexity index is 389. The summed E-state index contributed by atoms with van der Waals surface area (Å²) in [5.41, 5.74) is 0.934. The molecular weight excluding hydrogens is 218 g/mol. The molecule has 1 aromatic carbocycles. The lowest BCUT2D eigenvalue weighted by atomic mass is 9.85. The van der Waals surface area contributed by atoms with Gasteiger partial charge in [-0.1, -0.05) is 37.3 Å².